The summed E-state index contributed by atoms with van der Waals surface area (Å²) in [5.41, 5.74) is 5.62. The first-order chi connectivity index (χ1) is 9.95. The Hall–Kier alpha value is -0.680. The number of halogens is 3. The maximum absolute atomic E-state index is 11.8. The Morgan fingerprint density at radius 3 is 2.36 bits per heavy atom. The highest BCUT2D eigenvalue weighted by Gasteiger charge is 2.24. The fourth-order valence-corrected chi connectivity index (χ4v) is 2.94. The molecule has 7 heteroatoms. The molecule has 0 bridgehead atoms. The Morgan fingerprint density at radius 2 is 1.86 bits per heavy atom. The molecule has 1 aromatic rings. The number of ether oxygens (including phenoxy) is 1. The second-order valence-corrected chi connectivity index (χ2v) is 6.35. The van der Waals surface area contributed by atoms with Gasteiger partial charge in [-0.3, -0.25) is 4.79 Å². The molecular weight excluding hydrogens is 347 g/mol. The van der Waals surface area contributed by atoms with Gasteiger partial charge >= 0.3 is 0 Å². The van der Waals surface area contributed by atoms with Gasteiger partial charge in [0.05, 0.1) is 12.6 Å². The number of rotatable bonds is 4. The van der Waals surface area contributed by atoms with Crippen LogP contribution in [0.15, 0.2) is 18.2 Å². The number of piperidine rings is 1. The average molecular weight is 368 g/mol. The SMILES string of the molecule is C[C@H](N)C(=O)N1CCC(COc2cc(Cl)cc(Cl)c2)CC1.Cl. The zero-order chi connectivity index (χ0) is 15.4. The van der Waals surface area contributed by atoms with Crippen LogP contribution in [0.2, 0.25) is 10.0 Å². The Kier molecular flexibility index (Phi) is 7.77. The molecule has 2 rings (SSSR count). The van der Waals surface area contributed by atoms with Gasteiger partial charge in [-0.25, -0.2) is 0 Å². The van der Waals surface area contributed by atoms with Gasteiger partial charge < -0.3 is 15.4 Å². The molecule has 0 aromatic heterocycles. The number of carbonyl (C=O) groups excluding carboxylic acids is 1. The lowest BCUT2D eigenvalue weighted by Gasteiger charge is -2.32. The Labute approximate surface area is 147 Å². The molecule has 1 aliphatic heterocycles. The molecule has 1 amide bonds. The number of nitrogens with two attached hydrogens (primary N) is 1. The summed E-state index contributed by atoms with van der Waals surface area (Å²) in [6, 6.07) is 4.75. The summed E-state index contributed by atoms with van der Waals surface area (Å²) in [7, 11) is 0. The van der Waals surface area contributed by atoms with Crippen molar-refractivity contribution in [3.8, 4) is 5.75 Å². The first-order valence-electron chi connectivity index (χ1n) is 7.09. The Balaban J connectivity index is 0.00000242. The minimum absolute atomic E-state index is 0. The van der Waals surface area contributed by atoms with Gasteiger partial charge in [-0.15, -0.1) is 12.4 Å². The molecule has 1 aromatic carbocycles. The van der Waals surface area contributed by atoms with Crippen LogP contribution in [0.5, 0.6) is 5.75 Å². The zero-order valence-corrected chi connectivity index (χ0v) is 14.8. The molecule has 0 radical (unpaired) electrons. The average Bonchev–Trinajstić information content (AvgIpc) is 2.44. The normalized spacial score (nSPS) is 16.8. The fourth-order valence-electron chi connectivity index (χ4n) is 2.43. The number of benzene rings is 1. The number of amides is 1. The largest absolute Gasteiger partial charge is 0.493 e. The number of nitrogens with zero attached hydrogens (tertiary/aromatic N) is 1. The van der Waals surface area contributed by atoms with E-state index < -0.39 is 6.04 Å². The molecule has 124 valence electrons. The third-order valence-corrected chi connectivity index (χ3v) is 4.07. The summed E-state index contributed by atoms with van der Waals surface area (Å²) >= 11 is 11.9. The smallest absolute Gasteiger partial charge is 0.239 e. The van der Waals surface area contributed by atoms with Crippen molar-refractivity contribution in [1.82, 2.24) is 4.90 Å². The van der Waals surface area contributed by atoms with E-state index in [1.54, 1.807) is 25.1 Å². The molecular formula is C15H21Cl3N2O2. The molecule has 2 N–H and O–H groups in total. The van der Waals surface area contributed by atoms with Crippen molar-refractivity contribution in [1.29, 1.82) is 0 Å². The molecule has 1 saturated heterocycles. The molecule has 0 unspecified atom stereocenters. The van der Waals surface area contributed by atoms with E-state index in [9.17, 15) is 4.79 Å². The van der Waals surface area contributed by atoms with E-state index in [1.807, 2.05) is 4.90 Å². The van der Waals surface area contributed by atoms with Gasteiger partial charge in [0, 0.05) is 23.1 Å². The summed E-state index contributed by atoms with van der Waals surface area (Å²) in [4.78, 5) is 13.6. The van der Waals surface area contributed by atoms with Crippen molar-refractivity contribution in [2.45, 2.75) is 25.8 Å². The minimum Gasteiger partial charge on any atom is -0.493 e. The molecule has 22 heavy (non-hydrogen) atoms. The van der Waals surface area contributed by atoms with Crippen LogP contribution in [0.1, 0.15) is 19.8 Å². The van der Waals surface area contributed by atoms with Gasteiger partial charge in [-0.05, 0) is 43.9 Å². The zero-order valence-electron chi connectivity index (χ0n) is 12.4. The van der Waals surface area contributed by atoms with E-state index >= 15 is 0 Å². The van der Waals surface area contributed by atoms with Crippen molar-refractivity contribution < 1.29 is 9.53 Å². The van der Waals surface area contributed by atoms with E-state index in [1.165, 1.54) is 0 Å². The van der Waals surface area contributed by atoms with Crippen LogP contribution >= 0.6 is 35.6 Å². The lowest BCUT2D eigenvalue weighted by molar-refractivity contribution is -0.133. The minimum atomic E-state index is -0.425. The second-order valence-electron chi connectivity index (χ2n) is 5.47. The summed E-state index contributed by atoms with van der Waals surface area (Å²) in [6.07, 6.45) is 1.85. The first kappa shape index (κ1) is 19.4. The van der Waals surface area contributed by atoms with E-state index in [-0.39, 0.29) is 18.3 Å². The molecule has 0 spiro atoms. The maximum Gasteiger partial charge on any atom is 0.239 e. The maximum atomic E-state index is 11.8. The van der Waals surface area contributed by atoms with E-state index in [0.29, 0.717) is 28.3 Å². The predicted octanol–water partition coefficient (Wildman–Crippen LogP) is 3.38. The fraction of sp³-hybridized carbons (Fsp3) is 0.533. The second kappa shape index (κ2) is 8.82. The van der Waals surface area contributed by atoms with Crippen molar-refractivity contribution in [3.05, 3.63) is 28.2 Å². The predicted molar refractivity (Wildman–Crippen MR) is 92.2 cm³/mol. The topological polar surface area (TPSA) is 55.6 Å². The van der Waals surface area contributed by atoms with Gasteiger partial charge in [0.15, 0.2) is 0 Å². The standard InChI is InChI=1S/C15H20Cl2N2O2.ClH/c1-10(18)15(20)19-4-2-11(3-5-19)9-21-14-7-12(16)6-13(17)8-14;/h6-8,10-11H,2-5,9,18H2,1H3;1H/t10-;/m0./s1. The summed E-state index contributed by atoms with van der Waals surface area (Å²) < 4.78 is 5.75. The Bertz CT molecular complexity index is 483. The Morgan fingerprint density at radius 1 is 1.32 bits per heavy atom. The first-order valence-corrected chi connectivity index (χ1v) is 7.84. The van der Waals surface area contributed by atoms with Crippen molar-refractivity contribution in [2.24, 2.45) is 11.7 Å². The third kappa shape index (κ3) is 5.51. The summed E-state index contributed by atoms with van der Waals surface area (Å²) in [5, 5.41) is 1.13. The van der Waals surface area contributed by atoms with E-state index in [0.717, 1.165) is 25.9 Å². The van der Waals surface area contributed by atoms with Crippen LogP contribution in [-0.2, 0) is 4.79 Å². The molecule has 4 nitrogen and oxygen atoms in total. The molecule has 1 aliphatic rings. The highest BCUT2D eigenvalue weighted by atomic mass is 35.5. The number of hydrogen-bond acceptors (Lipinski definition) is 3. The van der Waals surface area contributed by atoms with Crippen LogP contribution in [0.4, 0.5) is 0 Å². The highest BCUT2D eigenvalue weighted by Crippen LogP contribution is 2.26. The van der Waals surface area contributed by atoms with E-state index in [4.69, 9.17) is 33.7 Å². The summed E-state index contributed by atoms with van der Waals surface area (Å²) in [5.74, 6) is 1.14. The van der Waals surface area contributed by atoms with Crippen LogP contribution in [0, 0.1) is 5.92 Å². The van der Waals surface area contributed by atoms with Crippen molar-refractivity contribution in [3.63, 3.8) is 0 Å². The van der Waals surface area contributed by atoms with Gasteiger partial charge in [0.25, 0.3) is 0 Å². The van der Waals surface area contributed by atoms with Crippen molar-refractivity contribution >= 4 is 41.5 Å². The number of carbonyl (C=O) groups is 1. The molecule has 0 saturated carbocycles. The quantitative estimate of drug-likeness (QED) is 0.887. The van der Waals surface area contributed by atoms with Crippen LogP contribution in [0.3, 0.4) is 0 Å². The van der Waals surface area contributed by atoms with Crippen LogP contribution in [-0.4, -0.2) is 36.5 Å². The molecule has 1 heterocycles. The third-order valence-electron chi connectivity index (χ3n) is 3.64. The molecule has 1 fully saturated rings. The van der Waals surface area contributed by atoms with Crippen molar-refractivity contribution in [2.75, 3.05) is 19.7 Å². The van der Waals surface area contributed by atoms with Crippen LogP contribution < -0.4 is 10.5 Å². The highest BCUT2D eigenvalue weighted by molar-refractivity contribution is 6.34. The van der Waals surface area contributed by atoms with Gasteiger partial charge in [0.2, 0.25) is 5.91 Å². The van der Waals surface area contributed by atoms with Gasteiger partial charge in [-0.1, -0.05) is 23.2 Å². The summed E-state index contributed by atoms with van der Waals surface area (Å²) in [6.45, 7) is 3.81. The van der Waals surface area contributed by atoms with Gasteiger partial charge in [0.1, 0.15) is 5.75 Å². The van der Waals surface area contributed by atoms with Crippen LogP contribution in [0.25, 0.3) is 0 Å². The number of hydrogen-bond donors (Lipinski definition) is 1. The molecule has 0 aliphatic carbocycles. The number of likely N-dealkylation sites (tertiary alicyclic amines) is 1. The van der Waals surface area contributed by atoms with E-state index in [2.05, 4.69) is 0 Å². The monoisotopic (exact) mass is 366 g/mol. The van der Waals surface area contributed by atoms with Gasteiger partial charge in [-0.2, -0.15) is 0 Å². The lowest BCUT2D eigenvalue weighted by atomic mass is 9.97. The lowest BCUT2D eigenvalue weighted by Crippen LogP contribution is -2.46. The molecule has 1 atom stereocenters.